The van der Waals surface area contributed by atoms with Crippen LogP contribution >= 0.6 is 0 Å². The van der Waals surface area contributed by atoms with Crippen LogP contribution in [0, 0.1) is 0 Å². The molecular weight excluding hydrogens is 276 g/mol. The van der Waals surface area contributed by atoms with E-state index in [1.807, 2.05) is 18.2 Å². The number of aryl methyl sites for hydroxylation is 2. The van der Waals surface area contributed by atoms with Crippen molar-refractivity contribution < 1.29 is 4.79 Å². The highest BCUT2D eigenvalue weighted by Crippen LogP contribution is 2.19. The molecule has 1 aliphatic rings. The van der Waals surface area contributed by atoms with Crippen molar-refractivity contribution >= 4 is 11.7 Å². The van der Waals surface area contributed by atoms with Crippen molar-refractivity contribution in [1.29, 1.82) is 0 Å². The Morgan fingerprint density at radius 3 is 2.91 bits per heavy atom. The molecule has 2 aromatic rings. The highest BCUT2D eigenvalue weighted by Gasteiger charge is 2.11. The minimum atomic E-state index is -0.100. The van der Waals surface area contributed by atoms with E-state index in [0.717, 1.165) is 18.5 Å². The minimum absolute atomic E-state index is 0.100. The lowest BCUT2D eigenvalue weighted by Gasteiger charge is -2.15. The third kappa shape index (κ3) is 3.89. The van der Waals surface area contributed by atoms with Gasteiger partial charge in [-0.1, -0.05) is 12.1 Å². The topological polar surface area (TPSA) is 66.9 Å². The van der Waals surface area contributed by atoms with E-state index < -0.39 is 0 Å². The molecule has 0 unspecified atom stereocenters. The lowest BCUT2D eigenvalue weighted by atomic mass is 9.96. The third-order valence-electron chi connectivity index (χ3n) is 3.76. The molecule has 22 heavy (non-hydrogen) atoms. The Morgan fingerprint density at radius 2 is 2.05 bits per heavy atom. The molecule has 0 radical (unpaired) electrons. The molecule has 3 rings (SSSR count). The Labute approximate surface area is 130 Å². The number of aromatic nitrogens is 2. The van der Waals surface area contributed by atoms with E-state index in [-0.39, 0.29) is 12.5 Å². The molecule has 2 aromatic heterocycles. The summed E-state index contributed by atoms with van der Waals surface area (Å²) in [7, 11) is 0. The van der Waals surface area contributed by atoms with E-state index in [0.29, 0.717) is 12.4 Å². The lowest BCUT2D eigenvalue weighted by Crippen LogP contribution is -2.28. The maximum atomic E-state index is 11.8. The smallest absolute Gasteiger partial charge is 0.239 e. The van der Waals surface area contributed by atoms with Gasteiger partial charge in [0.15, 0.2) is 0 Å². The number of nitrogens with zero attached hydrogens (tertiary/aromatic N) is 2. The predicted molar refractivity (Wildman–Crippen MR) is 85.5 cm³/mol. The Kier molecular flexibility index (Phi) is 4.75. The van der Waals surface area contributed by atoms with Gasteiger partial charge in [-0.3, -0.25) is 9.78 Å². The molecular formula is C17H20N4O. The standard InChI is InChI=1S/C17H20N4O/c22-17(21-16-7-3-4-10-19-16)12-18-11-14-9-8-13-5-1-2-6-15(13)20-14/h3-4,7-10,18H,1-2,5-6,11-12H2,(H,19,21,22). The first-order valence-corrected chi connectivity index (χ1v) is 7.70. The van der Waals surface area contributed by atoms with Crippen molar-refractivity contribution in [3.63, 3.8) is 0 Å². The van der Waals surface area contributed by atoms with Gasteiger partial charge in [0.1, 0.15) is 5.82 Å². The number of carbonyl (C=O) groups excluding carboxylic acids is 1. The van der Waals surface area contributed by atoms with Gasteiger partial charge < -0.3 is 10.6 Å². The molecule has 0 saturated carbocycles. The van der Waals surface area contributed by atoms with Gasteiger partial charge in [0.2, 0.25) is 5.91 Å². The highest BCUT2D eigenvalue weighted by atomic mass is 16.1. The zero-order valence-electron chi connectivity index (χ0n) is 12.5. The molecule has 5 heteroatoms. The van der Waals surface area contributed by atoms with E-state index in [1.54, 1.807) is 12.3 Å². The van der Waals surface area contributed by atoms with Gasteiger partial charge in [-0.2, -0.15) is 0 Å². The van der Waals surface area contributed by atoms with Crippen molar-refractivity contribution in [3.8, 4) is 0 Å². The summed E-state index contributed by atoms with van der Waals surface area (Å²) in [5.74, 6) is 0.470. The average molecular weight is 296 g/mol. The molecule has 0 spiro atoms. The lowest BCUT2D eigenvalue weighted by molar-refractivity contribution is -0.115. The number of amides is 1. The van der Waals surface area contributed by atoms with Crippen LogP contribution in [-0.4, -0.2) is 22.4 Å². The Bertz CT molecular complexity index is 642. The van der Waals surface area contributed by atoms with E-state index in [1.165, 1.54) is 24.1 Å². The van der Waals surface area contributed by atoms with Gasteiger partial charge in [0.25, 0.3) is 0 Å². The molecule has 1 aliphatic carbocycles. The summed E-state index contributed by atoms with van der Waals surface area (Å²) in [5.41, 5.74) is 3.60. The van der Waals surface area contributed by atoms with E-state index in [4.69, 9.17) is 0 Å². The quantitative estimate of drug-likeness (QED) is 0.886. The van der Waals surface area contributed by atoms with Gasteiger partial charge in [0, 0.05) is 18.4 Å². The number of fused-ring (bicyclic) bond motifs is 1. The van der Waals surface area contributed by atoms with Crippen LogP contribution in [0.4, 0.5) is 5.82 Å². The first-order chi connectivity index (χ1) is 10.8. The van der Waals surface area contributed by atoms with Crippen LogP contribution in [0.25, 0.3) is 0 Å². The van der Waals surface area contributed by atoms with Crippen LogP contribution in [-0.2, 0) is 24.2 Å². The van der Waals surface area contributed by atoms with Crippen LogP contribution in [0.2, 0.25) is 0 Å². The fourth-order valence-corrected chi connectivity index (χ4v) is 2.65. The van der Waals surface area contributed by atoms with Crippen molar-refractivity contribution in [2.24, 2.45) is 0 Å². The van der Waals surface area contributed by atoms with Crippen LogP contribution < -0.4 is 10.6 Å². The minimum Gasteiger partial charge on any atom is -0.310 e. The number of carbonyl (C=O) groups is 1. The fraction of sp³-hybridized carbons (Fsp3) is 0.353. The van der Waals surface area contributed by atoms with Gasteiger partial charge in [-0.05, 0) is 49.4 Å². The van der Waals surface area contributed by atoms with Crippen LogP contribution in [0.1, 0.15) is 29.8 Å². The van der Waals surface area contributed by atoms with E-state index in [9.17, 15) is 4.79 Å². The predicted octanol–water partition coefficient (Wildman–Crippen LogP) is 2.08. The zero-order chi connectivity index (χ0) is 15.2. The molecule has 0 saturated heterocycles. The third-order valence-corrected chi connectivity index (χ3v) is 3.76. The number of hydrogen-bond acceptors (Lipinski definition) is 4. The second-order valence-corrected chi connectivity index (χ2v) is 5.48. The summed E-state index contributed by atoms with van der Waals surface area (Å²) >= 11 is 0. The summed E-state index contributed by atoms with van der Waals surface area (Å²) in [5, 5.41) is 5.87. The van der Waals surface area contributed by atoms with Gasteiger partial charge in [-0.25, -0.2) is 4.98 Å². The summed E-state index contributed by atoms with van der Waals surface area (Å²) in [6.07, 6.45) is 6.36. The highest BCUT2D eigenvalue weighted by molar-refractivity contribution is 5.91. The van der Waals surface area contributed by atoms with Crippen molar-refractivity contribution in [2.75, 3.05) is 11.9 Å². The van der Waals surface area contributed by atoms with Crippen LogP contribution in [0.3, 0.4) is 0 Å². The van der Waals surface area contributed by atoms with Gasteiger partial charge in [-0.15, -0.1) is 0 Å². The number of anilines is 1. The molecule has 2 N–H and O–H groups in total. The molecule has 0 atom stereocenters. The monoisotopic (exact) mass is 296 g/mol. The second-order valence-electron chi connectivity index (χ2n) is 5.48. The Morgan fingerprint density at radius 1 is 1.14 bits per heavy atom. The normalized spacial score (nSPS) is 13.5. The molecule has 0 aliphatic heterocycles. The number of pyridine rings is 2. The number of rotatable bonds is 5. The van der Waals surface area contributed by atoms with Crippen LogP contribution in [0.15, 0.2) is 36.5 Å². The summed E-state index contributed by atoms with van der Waals surface area (Å²) in [4.78, 5) is 20.5. The Balaban J connectivity index is 1.47. The maximum absolute atomic E-state index is 11.8. The first kappa shape index (κ1) is 14.7. The summed E-state index contributed by atoms with van der Waals surface area (Å²) in [6, 6.07) is 9.64. The summed E-state index contributed by atoms with van der Waals surface area (Å²) < 4.78 is 0. The maximum Gasteiger partial charge on any atom is 0.239 e. The van der Waals surface area contributed by atoms with Crippen molar-refractivity contribution in [2.45, 2.75) is 32.2 Å². The molecule has 114 valence electrons. The molecule has 0 aromatic carbocycles. The average Bonchev–Trinajstić information content (AvgIpc) is 2.55. The Hall–Kier alpha value is -2.27. The molecule has 0 fully saturated rings. The second kappa shape index (κ2) is 7.13. The van der Waals surface area contributed by atoms with Crippen LogP contribution in [0.5, 0.6) is 0 Å². The first-order valence-electron chi connectivity index (χ1n) is 7.70. The van der Waals surface area contributed by atoms with E-state index >= 15 is 0 Å². The fourth-order valence-electron chi connectivity index (χ4n) is 2.65. The summed E-state index contributed by atoms with van der Waals surface area (Å²) in [6.45, 7) is 0.845. The number of nitrogens with one attached hydrogen (secondary N) is 2. The van der Waals surface area contributed by atoms with Crippen molar-refractivity contribution in [3.05, 3.63) is 53.5 Å². The van der Waals surface area contributed by atoms with E-state index in [2.05, 4.69) is 26.7 Å². The zero-order valence-corrected chi connectivity index (χ0v) is 12.5. The largest absolute Gasteiger partial charge is 0.310 e. The molecule has 0 bridgehead atoms. The van der Waals surface area contributed by atoms with Crippen molar-refractivity contribution in [1.82, 2.24) is 15.3 Å². The molecule has 5 nitrogen and oxygen atoms in total. The SMILES string of the molecule is O=C(CNCc1ccc2c(n1)CCCC2)Nc1ccccn1. The molecule has 1 amide bonds. The van der Waals surface area contributed by atoms with Gasteiger partial charge in [0.05, 0.1) is 12.2 Å². The number of hydrogen-bond donors (Lipinski definition) is 2. The molecule has 2 heterocycles. The van der Waals surface area contributed by atoms with Gasteiger partial charge >= 0.3 is 0 Å².